The van der Waals surface area contributed by atoms with Crippen molar-refractivity contribution in [2.24, 2.45) is 0 Å². The summed E-state index contributed by atoms with van der Waals surface area (Å²) in [5.74, 6) is -3.93. The fourth-order valence-corrected chi connectivity index (χ4v) is 0.971. The van der Waals surface area contributed by atoms with Crippen molar-refractivity contribution in [3.8, 4) is 0 Å². The molecule has 1 rings (SSSR count). The summed E-state index contributed by atoms with van der Waals surface area (Å²) in [6.07, 6.45) is -9.84. The van der Waals surface area contributed by atoms with Crippen LogP contribution in [0.4, 0.5) is 0 Å². The Balaban J connectivity index is 3.32. The number of rotatable bonds is 1. The lowest BCUT2D eigenvalue weighted by molar-refractivity contribution is -0.176. The van der Waals surface area contributed by atoms with Gasteiger partial charge >= 0.3 is 5.97 Å². The number of carbonyl (C=O) groups excluding carboxylic acids is 1. The van der Waals surface area contributed by atoms with Crippen LogP contribution in [-0.4, -0.2) is 50.0 Å². The molecular formula is C7H10O6. The number of hydrogen-bond donors (Lipinski definition) is 4. The molecule has 0 aromatic heterocycles. The lowest BCUT2D eigenvalue weighted by Crippen LogP contribution is -2.54. The van der Waals surface area contributed by atoms with Crippen molar-refractivity contribution in [3.63, 3.8) is 0 Å². The molecule has 0 aromatic carbocycles. The second kappa shape index (κ2) is 3.06. The summed E-state index contributed by atoms with van der Waals surface area (Å²) in [5, 5.41) is 36.5. The average Bonchev–Trinajstić information content (AvgIpc) is 2.13. The van der Waals surface area contributed by atoms with Gasteiger partial charge in [-0.1, -0.05) is 0 Å². The number of carboxylic acids is 1. The topological polar surface area (TPSA) is 115 Å². The lowest BCUT2D eigenvalue weighted by Gasteiger charge is -2.32. The van der Waals surface area contributed by atoms with Crippen molar-refractivity contribution in [1.82, 2.24) is 0 Å². The zero-order valence-corrected chi connectivity index (χ0v) is 6.39. The van der Waals surface area contributed by atoms with Crippen LogP contribution in [0.1, 0.15) is 16.9 Å². The molecule has 0 radical (unpaired) electrons. The van der Waals surface area contributed by atoms with Gasteiger partial charge in [-0.05, 0) is 0 Å². The molecule has 0 aliphatic heterocycles. The first-order chi connectivity index (χ1) is 6.98. The minimum Gasteiger partial charge on any atom is -0.479 e. The lowest BCUT2D eigenvalue weighted by atomic mass is 9.81. The van der Waals surface area contributed by atoms with Crippen molar-refractivity contribution in [1.29, 1.82) is 0 Å². The van der Waals surface area contributed by atoms with Crippen LogP contribution in [0.2, 0.25) is 0 Å². The Labute approximate surface area is 77.6 Å². The molecule has 0 heterocycles. The van der Waals surface area contributed by atoms with E-state index in [0.717, 1.165) is 0 Å². The van der Waals surface area contributed by atoms with Crippen molar-refractivity contribution in [2.75, 3.05) is 0 Å². The predicted molar refractivity (Wildman–Crippen MR) is 38.8 cm³/mol. The number of carboxylic acid groups (broad SMARTS) is 1. The number of aliphatic carboxylic acids is 1. The van der Waals surface area contributed by atoms with Crippen molar-refractivity contribution in [2.45, 2.75) is 30.6 Å². The van der Waals surface area contributed by atoms with Crippen molar-refractivity contribution < 1.29 is 34.1 Å². The molecule has 0 amide bonds. The van der Waals surface area contributed by atoms with E-state index in [1.165, 1.54) is 0 Å². The van der Waals surface area contributed by atoms with E-state index in [9.17, 15) is 24.9 Å². The fourth-order valence-electron chi connectivity index (χ4n) is 0.971. The Morgan fingerprint density at radius 3 is 2.69 bits per heavy atom. The third kappa shape index (κ3) is 1.69. The maximum absolute atomic E-state index is 11.3. The number of Topliss-reactive ketones (excluding diaryl/α,β-unsaturated/α-hetero) is 1. The predicted octanol–water partition coefficient (Wildman–Crippen LogP) is -2.11. The molecule has 0 bridgehead atoms. The Bertz CT molecular complexity index is 354. The molecule has 74 valence electrons. The standard InChI is InChI=1S/C7H10O6/c8-3-1-7(13,6(11)12)2-4(9)5(3)10/h3,5,8,10,13H,1-2H2,(H,11,12)/t3-,5+,7-/m1/s1/i2D2,5D. The van der Waals surface area contributed by atoms with Gasteiger partial charge < -0.3 is 20.4 Å². The normalized spacial score (nSPS) is 53.3. The van der Waals surface area contributed by atoms with Gasteiger partial charge in [0, 0.05) is 15.5 Å². The van der Waals surface area contributed by atoms with Gasteiger partial charge in [0.2, 0.25) is 0 Å². The summed E-state index contributed by atoms with van der Waals surface area (Å²) < 4.78 is 21.3. The molecule has 4 N–H and O–H groups in total. The molecule has 3 atom stereocenters. The molecule has 6 nitrogen and oxygen atoms in total. The molecule has 1 aliphatic carbocycles. The van der Waals surface area contributed by atoms with E-state index >= 15 is 0 Å². The highest BCUT2D eigenvalue weighted by molar-refractivity contribution is 5.92. The fraction of sp³-hybridized carbons (Fsp3) is 0.714. The number of hydrogen-bond acceptors (Lipinski definition) is 5. The number of ketones is 1. The van der Waals surface area contributed by atoms with Crippen LogP contribution in [0.25, 0.3) is 0 Å². The minimum atomic E-state index is -3.35. The molecular weight excluding hydrogens is 180 g/mol. The Kier molecular flexibility index (Phi) is 1.52. The summed E-state index contributed by atoms with van der Waals surface area (Å²) in [4.78, 5) is 22.0. The largest absolute Gasteiger partial charge is 0.479 e. The monoisotopic (exact) mass is 193 g/mol. The Hall–Kier alpha value is -0.980. The highest BCUT2D eigenvalue weighted by atomic mass is 16.4. The maximum Gasteiger partial charge on any atom is 0.336 e. The summed E-state index contributed by atoms with van der Waals surface area (Å²) in [5.41, 5.74) is -3.16. The van der Waals surface area contributed by atoms with Crippen LogP contribution in [0, 0.1) is 0 Å². The zero-order valence-electron chi connectivity index (χ0n) is 9.39. The molecule has 1 aliphatic rings. The van der Waals surface area contributed by atoms with E-state index in [1.807, 2.05) is 0 Å². The van der Waals surface area contributed by atoms with Gasteiger partial charge in [0.25, 0.3) is 0 Å². The molecule has 1 saturated carbocycles. The van der Waals surface area contributed by atoms with E-state index in [-0.39, 0.29) is 0 Å². The maximum atomic E-state index is 11.3. The summed E-state index contributed by atoms with van der Waals surface area (Å²) in [7, 11) is 0. The molecule has 0 spiro atoms. The van der Waals surface area contributed by atoms with E-state index in [1.54, 1.807) is 0 Å². The van der Waals surface area contributed by atoms with E-state index < -0.39 is 42.3 Å². The summed E-state index contributed by atoms with van der Waals surface area (Å²) >= 11 is 0. The second-order valence-corrected chi connectivity index (χ2v) is 2.72. The van der Waals surface area contributed by atoms with Gasteiger partial charge in [-0.15, -0.1) is 0 Å². The third-order valence-corrected chi connectivity index (χ3v) is 1.71. The molecule has 6 heteroatoms. The zero-order chi connectivity index (χ0) is 12.9. The van der Waals surface area contributed by atoms with Gasteiger partial charge in [0.05, 0.1) is 7.47 Å². The molecule has 13 heavy (non-hydrogen) atoms. The quantitative estimate of drug-likeness (QED) is 0.378. The van der Waals surface area contributed by atoms with Crippen molar-refractivity contribution >= 4 is 11.8 Å². The molecule has 0 aromatic rings. The van der Waals surface area contributed by atoms with Gasteiger partial charge in [-0.2, -0.15) is 0 Å². The van der Waals surface area contributed by atoms with Gasteiger partial charge in [-0.25, -0.2) is 4.79 Å². The first-order valence-electron chi connectivity index (χ1n) is 4.89. The van der Waals surface area contributed by atoms with Gasteiger partial charge in [0.15, 0.2) is 11.4 Å². The van der Waals surface area contributed by atoms with E-state index in [2.05, 4.69) is 0 Å². The van der Waals surface area contributed by atoms with Crippen molar-refractivity contribution in [3.05, 3.63) is 0 Å². The Morgan fingerprint density at radius 2 is 2.23 bits per heavy atom. The summed E-state index contributed by atoms with van der Waals surface area (Å²) in [6, 6.07) is 0. The number of aliphatic hydroxyl groups excluding tert-OH is 1. The molecule has 0 unspecified atom stereocenters. The van der Waals surface area contributed by atoms with E-state index in [4.69, 9.17) is 9.22 Å². The van der Waals surface area contributed by atoms with Gasteiger partial charge in [0.1, 0.15) is 6.08 Å². The highest BCUT2D eigenvalue weighted by Gasteiger charge is 2.48. The minimum absolute atomic E-state index is 1.15. The van der Waals surface area contributed by atoms with Crippen LogP contribution < -0.4 is 0 Å². The van der Waals surface area contributed by atoms with Crippen LogP contribution in [0.15, 0.2) is 0 Å². The second-order valence-electron chi connectivity index (χ2n) is 2.72. The van der Waals surface area contributed by atoms with Crippen LogP contribution in [0.3, 0.4) is 0 Å². The smallest absolute Gasteiger partial charge is 0.336 e. The van der Waals surface area contributed by atoms with E-state index in [0.29, 0.717) is 0 Å². The average molecular weight is 193 g/mol. The first kappa shape index (κ1) is 6.47. The molecule has 1 fully saturated rings. The summed E-state index contributed by atoms with van der Waals surface area (Å²) in [6.45, 7) is 0. The highest BCUT2D eigenvalue weighted by Crippen LogP contribution is 2.26. The number of carbonyl (C=O) groups is 2. The molecule has 0 saturated heterocycles. The van der Waals surface area contributed by atoms with Crippen LogP contribution >= 0.6 is 0 Å². The first-order valence-corrected chi connectivity index (χ1v) is 3.39. The van der Waals surface area contributed by atoms with Crippen LogP contribution in [0.5, 0.6) is 0 Å². The SMILES string of the molecule is [2H]C1([2H])C(=O)[C@@]([2H])(O)[C@H](O)C[C@]1(O)C(=O)O. The Morgan fingerprint density at radius 1 is 1.69 bits per heavy atom. The third-order valence-electron chi connectivity index (χ3n) is 1.71. The van der Waals surface area contributed by atoms with Crippen LogP contribution in [-0.2, 0) is 9.59 Å². The van der Waals surface area contributed by atoms with Gasteiger partial charge in [-0.3, -0.25) is 4.79 Å². The number of aliphatic hydroxyl groups is 3.